The molecule has 0 aliphatic carbocycles. The minimum absolute atomic E-state index is 0.0522. The van der Waals surface area contributed by atoms with Crippen LogP contribution in [0.15, 0.2) is 48.5 Å². The van der Waals surface area contributed by atoms with Gasteiger partial charge in [-0.15, -0.1) is 0 Å². The van der Waals surface area contributed by atoms with E-state index in [2.05, 4.69) is 0 Å². The lowest BCUT2D eigenvalue weighted by molar-refractivity contribution is -0.132. The van der Waals surface area contributed by atoms with Crippen LogP contribution in [-0.2, 0) is 11.2 Å². The quantitative estimate of drug-likeness (QED) is 0.825. The Hall–Kier alpha value is -2.33. The summed E-state index contributed by atoms with van der Waals surface area (Å²) in [4.78, 5) is 28.8. The highest BCUT2D eigenvalue weighted by molar-refractivity contribution is 6.30. The standard InChI is InChI=1S/C21H23ClN2O2/c1-16-4-2-3-5-19(16)21(26)24-14-12-23(13-15-24)20(25)11-8-17-6-9-18(22)10-7-17/h2-7,9-10H,8,11-15H2,1H3. The fraction of sp³-hybridized carbons (Fsp3) is 0.333. The molecule has 2 aromatic rings. The lowest BCUT2D eigenvalue weighted by atomic mass is 10.1. The van der Waals surface area contributed by atoms with Crippen LogP contribution in [0.25, 0.3) is 0 Å². The number of piperazine rings is 1. The summed E-state index contributed by atoms with van der Waals surface area (Å²) in [5.74, 6) is 0.194. The molecular formula is C21H23ClN2O2. The van der Waals surface area contributed by atoms with Gasteiger partial charge in [0.1, 0.15) is 0 Å². The van der Waals surface area contributed by atoms with Gasteiger partial charge >= 0.3 is 0 Å². The van der Waals surface area contributed by atoms with Crippen molar-refractivity contribution in [3.63, 3.8) is 0 Å². The molecule has 0 aromatic heterocycles. The highest BCUT2D eigenvalue weighted by atomic mass is 35.5. The molecule has 1 aliphatic rings. The van der Waals surface area contributed by atoms with Crippen LogP contribution >= 0.6 is 11.6 Å². The normalized spacial score (nSPS) is 14.4. The molecule has 4 nitrogen and oxygen atoms in total. The maximum Gasteiger partial charge on any atom is 0.254 e. The number of hydrogen-bond acceptors (Lipinski definition) is 2. The van der Waals surface area contributed by atoms with E-state index in [1.54, 1.807) is 0 Å². The molecule has 2 amide bonds. The minimum Gasteiger partial charge on any atom is -0.339 e. The lowest BCUT2D eigenvalue weighted by Gasteiger charge is -2.35. The van der Waals surface area contributed by atoms with Gasteiger partial charge in [-0.2, -0.15) is 0 Å². The zero-order valence-corrected chi connectivity index (χ0v) is 15.7. The number of rotatable bonds is 4. The molecule has 2 aromatic carbocycles. The Morgan fingerprint density at radius 1 is 0.923 bits per heavy atom. The second kappa shape index (κ2) is 8.37. The second-order valence-electron chi connectivity index (χ2n) is 6.61. The molecule has 136 valence electrons. The monoisotopic (exact) mass is 370 g/mol. The molecule has 1 fully saturated rings. The molecule has 26 heavy (non-hydrogen) atoms. The van der Waals surface area contributed by atoms with Crippen LogP contribution in [0.3, 0.4) is 0 Å². The molecule has 0 N–H and O–H groups in total. The summed E-state index contributed by atoms with van der Waals surface area (Å²) in [6.07, 6.45) is 1.19. The van der Waals surface area contributed by atoms with Gasteiger partial charge in [0.2, 0.25) is 5.91 Å². The molecule has 0 radical (unpaired) electrons. The van der Waals surface area contributed by atoms with Gasteiger partial charge in [-0.25, -0.2) is 0 Å². The van der Waals surface area contributed by atoms with E-state index in [1.165, 1.54) is 0 Å². The summed E-state index contributed by atoms with van der Waals surface area (Å²) in [6.45, 7) is 4.30. The highest BCUT2D eigenvalue weighted by Crippen LogP contribution is 2.15. The number of halogens is 1. The van der Waals surface area contributed by atoms with Crippen molar-refractivity contribution in [1.82, 2.24) is 9.80 Å². The largest absolute Gasteiger partial charge is 0.339 e. The third-order valence-electron chi connectivity index (χ3n) is 4.84. The fourth-order valence-corrected chi connectivity index (χ4v) is 3.33. The number of carbonyl (C=O) groups is 2. The van der Waals surface area contributed by atoms with E-state index in [0.29, 0.717) is 44.0 Å². The second-order valence-corrected chi connectivity index (χ2v) is 7.05. The first kappa shape index (κ1) is 18.5. The molecule has 0 spiro atoms. The number of hydrogen-bond donors (Lipinski definition) is 0. The zero-order valence-electron chi connectivity index (χ0n) is 15.0. The van der Waals surface area contributed by atoms with Gasteiger partial charge in [0, 0.05) is 43.2 Å². The number of aryl methyl sites for hydroxylation is 2. The average Bonchev–Trinajstić information content (AvgIpc) is 2.67. The molecule has 1 aliphatic heterocycles. The van der Waals surface area contributed by atoms with E-state index < -0.39 is 0 Å². The van der Waals surface area contributed by atoms with Gasteiger partial charge in [0.25, 0.3) is 5.91 Å². The summed E-state index contributed by atoms with van der Waals surface area (Å²) in [6, 6.07) is 15.2. The molecule has 3 rings (SSSR count). The number of carbonyl (C=O) groups excluding carboxylic acids is 2. The molecule has 5 heteroatoms. The van der Waals surface area contributed by atoms with Crippen LogP contribution in [0.5, 0.6) is 0 Å². The summed E-state index contributed by atoms with van der Waals surface area (Å²) < 4.78 is 0. The molecule has 1 saturated heterocycles. The third-order valence-corrected chi connectivity index (χ3v) is 5.09. The fourth-order valence-electron chi connectivity index (χ4n) is 3.20. The Labute approximate surface area is 159 Å². The summed E-state index contributed by atoms with van der Waals surface area (Å²) in [7, 11) is 0. The summed E-state index contributed by atoms with van der Waals surface area (Å²) >= 11 is 5.88. The SMILES string of the molecule is Cc1ccccc1C(=O)N1CCN(C(=O)CCc2ccc(Cl)cc2)CC1. The van der Waals surface area contributed by atoms with Gasteiger partial charge in [0.05, 0.1) is 0 Å². The Bertz CT molecular complexity index is 781. The summed E-state index contributed by atoms with van der Waals surface area (Å²) in [5, 5.41) is 0.703. The Balaban J connectivity index is 1.50. The first-order valence-corrected chi connectivity index (χ1v) is 9.29. The van der Waals surface area contributed by atoms with Crippen molar-refractivity contribution in [2.45, 2.75) is 19.8 Å². The number of benzene rings is 2. The maximum atomic E-state index is 12.6. The van der Waals surface area contributed by atoms with Crippen LogP contribution in [0.4, 0.5) is 0 Å². The van der Waals surface area contributed by atoms with Crippen LogP contribution in [0, 0.1) is 6.92 Å². The summed E-state index contributed by atoms with van der Waals surface area (Å²) in [5.41, 5.74) is 2.84. The van der Waals surface area contributed by atoms with Gasteiger partial charge in [-0.1, -0.05) is 41.9 Å². The van der Waals surface area contributed by atoms with Gasteiger partial charge in [-0.05, 0) is 42.7 Å². The predicted molar refractivity (Wildman–Crippen MR) is 103 cm³/mol. The molecule has 0 unspecified atom stereocenters. The molecule has 0 saturated carbocycles. The van der Waals surface area contributed by atoms with Crippen molar-refractivity contribution < 1.29 is 9.59 Å². The van der Waals surface area contributed by atoms with Crippen molar-refractivity contribution in [2.24, 2.45) is 0 Å². The van der Waals surface area contributed by atoms with E-state index in [9.17, 15) is 9.59 Å². The smallest absolute Gasteiger partial charge is 0.254 e. The maximum absolute atomic E-state index is 12.6. The number of amides is 2. The first-order valence-electron chi connectivity index (χ1n) is 8.92. The van der Waals surface area contributed by atoms with Gasteiger partial charge in [0.15, 0.2) is 0 Å². The first-order chi connectivity index (χ1) is 12.5. The van der Waals surface area contributed by atoms with Gasteiger partial charge in [-0.3, -0.25) is 9.59 Å². The third kappa shape index (κ3) is 4.44. The van der Waals surface area contributed by atoms with E-state index in [-0.39, 0.29) is 11.8 Å². The van der Waals surface area contributed by atoms with E-state index >= 15 is 0 Å². The van der Waals surface area contributed by atoms with Crippen LogP contribution in [-0.4, -0.2) is 47.8 Å². The van der Waals surface area contributed by atoms with Crippen molar-refractivity contribution >= 4 is 23.4 Å². The molecule has 0 bridgehead atoms. The van der Waals surface area contributed by atoms with Crippen molar-refractivity contribution in [3.05, 3.63) is 70.2 Å². The van der Waals surface area contributed by atoms with Crippen LogP contribution in [0.2, 0.25) is 5.02 Å². The van der Waals surface area contributed by atoms with Crippen molar-refractivity contribution in [3.8, 4) is 0 Å². The lowest BCUT2D eigenvalue weighted by Crippen LogP contribution is -2.50. The van der Waals surface area contributed by atoms with Gasteiger partial charge < -0.3 is 9.80 Å². The number of nitrogens with zero attached hydrogens (tertiary/aromatic N) is 2. The predicted octanol–water partition coefficient (Wildman–Crippen LogP) is 3.57. The topological polar surface area (TPSA) is 40.6 Å². The van der Waals surface area contributed by atoms with E-state index in [1.807, 2.05) is 65.3 Å². The van der Waals surface area contributed by atoms with E-state index in [0.717, 1.165) is 16.7 Å². The minimum atomic E-state index is 0.0522. The Morgan fingerprint density at radius 2 is 1.54 bits per heavy atom. The van der Waals surface area contributed by atoms with E-state index in [4.69, 9.17) is 11.6 Å². The van der Waals surface area contributed by atoms with Crippen molar-refractivity contribution in [1.29, 1.82) is 0 Å². The zero-order chi connectivity index (χ0) is 18.5. The van der Waals surface area contributed by atoms with Crippen LogP contribution < -0.4 is 0 Å². The highest BCUT2D eigenvalue weighted by Gasteiger charge is 2.25. The molecular weight excluding hydrogens is 348 g/mol. The Kier molecular flexibility index (Phi) is 5.94. The van der Waals surface area contributed by atoms with Crippen molar-refractivity contribution in [2.75, 3.05) is 26.2 Å². The average molecular weight is 371 g/mol. The molecule has 1 heterocycles. The Morgan fingerprint density at radius 3 is 2.19 bits per heavy atom. The molecule has 0 atom stereocenters. The van der Waals surface area contributed by atoms with Crippen LogP contribution in [0.1, 0.15) is 27.9 Å².